The smallest absolute Gasteiger partial charge is 0.422 e. The summed E-state index contributed by atoms with van der Waals surface area (Å²) in [6.07, 6.45) is -3.96. The summed E-state index contributed by atoms with van der Waals surface area (Å²) in [5.41, 5.74) is -0.886. The second kappa shape index (κ2) is 10.9. The quantitative estimate of drug-likeness (QED) is 0.265. The van der Waals surface area contributed by atoms with E-state index in [1.54, 1.807) is 4.57 Å². The van der Waals surface area contributed by atoms with Gasteiger partial charge in [0.25, 0.3) is 0 Å². The molecule has 41 heavy (non-hydrogen) atoms. The Morgan fingerprint density at radius 2 is 1.66 bits per heavy atom. The number of benzene rings is 2. The Hall–Kier alpha value is -3.72. The van der Waals surface area contributed by atoms with Gasteiger partial charge in [0.05, 0.1) is 16.0 Å². The van der Waals surface area contributed by atoms with Crippen LogP contribution in [0.5, 0.6) is 5.88 Å². The Bertz CT molecular complexity index is 1640. The second-order valence-electron chi connectivity index (χ2n) is 9.75. The van der Waals surface area contributed by atoms with E-state index in [2.05, 4.69) is 24.6 Å². The van der Waals surface area contributed by atoms with Crippen molar-refractivity contribution in [3.63, 3.8) is 0 Å². The fourth-order valence-corrected chi connectivity index (χ4v) is 6.18. The SMILES string of the molecule is O=S(=O)(NC1CCCC(n2cnnc2)C1)c1cc(-c2ccc3ccc(OCC(F)(F)F)nc3c2)cc(C(F)(F)F)c1. The lowest BCUT2D eigenvalue weighted by molar-refractivity contribution is -0.154. The van der Waals surface area contributed by atoms with Gasteiger partial charge in [0.2, 0.25) is 15.9 Å². The fraction of sp³-hybridized carbons (Fsp3) is 0.346. The number of hydrogen-bond acceptors (Lipinski definition) is 6. The van der Waals surface area contributed by atoms with Gasteiger partial charge in [-0.3, -0.25) is 0 Å². The summed E-state index contributed by atoms with van der Waals surface area (Å²) >= 11 is 0. The monoisotopic (exact) mass is 599 g/mol. The van der Waals surface area contributed by atoms with E-state index in [1.807, 2.05) is 0 Å². The van der Waals surface area contributed by atoms with Crippen LogP contribution in [0.15, 0.2) is 66.1 Å². The highest BCUT2D eigenvalue weighted by Gasteiger charge is 2.34. The molecule has 218 valence electrons. The van der Waals surface area contributed by atoms with E-state index >= 15 is 0 Å². The highest BCUT2D eigenvalue weighted by molar-refractivity contribution is 7.89. The predicted octanol–water partition coefficient (Wildman–Crippen LogP) is 5.92. The van der Waals surface area contributed by atoms with Crippen LogP contribution in [0.3, 0.4) is 0 Å². The van der Waals surface area contributed by atoms with Crippen LogP contribution in [-0.4, -0.2) is 47.0 Å². The average molecular weight is 600 g/mol. The summed E-state index contributed by atoms with van der Waals surface area (Å²) < 4.78 is 115. The van der Waals surface area contributed by atoms with E-state index in [-0.39, 0.29) is 28.6 Å². The molecule has 4 aromatic rings. The van der Waals surface area contributed by atoms with E-state index < -0.39 is 45.5 Å². The molecule has 0 aliphatic heterocycles. The third-order valence-corrected chi connectivity index (χ3v) is 8.25. The third kappa shape index (κ3) is 6.96. The highest BCUT2D eigenvalue weighted by Crippen LogP contribution is 2.36. The maximum Gasteiger partial charge on any atom is 0.422 e. The largest absolute Gasteiger partial charge is 0.468 e. The molecule has 2 heterocycles. The first-order valence-corrected chi connectivity index (χ1v) is 13.9. The summed E-state index contributed by atoms with van der Waals surface area (Å²) in [6, 6.07) is 9.01. The lowest BCUT2D eigenvalue weighted by Gasteiger charge is -2.30. The van der Waals surface area contributed by atoms with E-state index in [4.69, 9.17) is 0 Å². The average Bonchev–Trinajstić information content (AvgIpc) is 3.45. The molecule has 1 aliphatic rings. The zero-order chi connectivity index (χ0) is 29.4. The van der Waals surface area contributed by atoms with Crippen LogP contribution in [0.25, 0.3) is 22.0 Å². The molecular weight excluding hydrogens is 576 g/mol. The molecule has 2 aromatic heterocycles. The van der Waals surface area contributed by atoms with Crippen molar-refractivity contribution in [3.8, 4) is 17.0 Å². The summed E-state index contributed by atoms with van der Waals surface area (Å²) in [5.74, 6) is -0.319. The van der Waals surface area contributed by atoms with Gasteiger partial charge in [-0.2, -0.15) is 26.3 Å². The van der Waals surface area contributed by atoms with Crippen LogP contribution < -0.4 is 9.46 Å². The number of aromatic nitrogens is 4. The first-order valence-electron chi connectivity index (χ1n) is 12.5. The minimum absolute atomic E-state index is 0.0568. The standard InChI is InChI=1S/C26H23F6N5O3S/c27-25(28,29)13-40-24-7-6-16-4-5-17(10-23(16)35-24)18-8-19(26(30,31)32)11-22(9-18)41(38,39)36-20-2-1-3-21(12-20)37-14-33-34-15-37/h4-11,14-15,20-21,36H,1-3,12-13H2. The molecule has 0 bridgehead atoms. The van der Waals surface area contributed by atoms with Crippen LogP contribution in [0.4, 0.5) is 26.3 Å². The van der Waals surface area contributed by atoms with E-state index in [9.17, 15) is 34.8 Å². The normalized spacial score (nSPS) is 18.5. The molecule has 0 radical (unpaired) electrons. The van der Waals surface area contributed by atoms with E-state index in [0.29, 0.717) is 30.7 Å². The van der Waals surface area contributed by atoms with Gasteiger partial charge in [-0.15, -0.1) is 10.2 Å². The summed E-state index contributed by atoms with van der Waals surface area (Å²) in [4.78, 5) is 3.46. The van der Waals surface area contributed by atoms with Crippen molar-refractivity contribution in [1.82, 2.24) is 24.5 Å². The predicted molar refractivity (Wildman–Crippen MR) is 135 cm³/mol. The van der Waals surface area contributed by atoms with Crippen molar-refractivity contribution in [3.05, 3.63) is 66.7 Å². The number of nitrogens with zero attached hydrogens (tertiary/aromatic N) is 4. The molecule has 1 fully saturated rings. The molecule has 2 atom stereocenters. The summed E-state index contributed by atoms with van der Waals surface area (Å²) in [6.45, 7) is -1.56. The number of ether oxygens (including phenoxy) is 1. The van der Waals surface area contributed by atoms with Crippen LogP contribution in [0.2, 0.25) is 0 Å². The molecule has 1 aliphatic carbocycles. The van der Waals surface area contributed by atoms with Gasteiger partial charge in [0, 0.05) is 23.5 Å². The zero-order valence-electron chi connectivity index (χ0n) is 21.2. The second-order valence-corrected chi connectivity index (χ2v) is 11.5. The highest BCUT2D eigenvalue weighted by atomic mass is 32.2. The summed E-state index contributed by atoms with van der Waals surface area (Å²) in [5, 5.41) is 8.03. The number of nitrogens with one attached hydrogen (secondary N) is 1. The third-order valence-electron chi connectivity index (χ3n) is 6.75. The molecule has 5 rings (SSSR count). The molecule has 8 nitrogen and oxygen atoms in total. The van der Waals surface area contributed by atoms with Crippen LogP contribution in [-0.2, 0) is 16.2 Å². The maximum atomic E-state index is 13.9. The van der Waals surface area contributed by atoms with Crippen molar-refractivity contribution < 1.29 is 39.5 Å². The van der Waals surface area contributed by atoms with Gasteiger partial charge in [-0.05, 0) is 67.1 Å². The molecule has 2 aromatic carbocycles. The van der Waals surface area contributed by atoms with E-state index in [0.717, 1.165) is 18.6 Å². The number of halogens is 6. The van der Waals surface area contributed by atoms with Crippen molar-refractivity contribution in [2.75, 3.05) is 6.61 Å². The number of rotatable bonds is 7. The van der Waals surface area contributed by atoms with Crippen LogP contribution in [0.1, 0.15) is 37.3 Å². The Morgan fingerprint density at radius 3 is 2.37 bits per heavy atom. The Balaban J connectivity index is 1.46. The molecule has 0 spiro atoms. The van der Waals surface area contributed by atoms with Crippen molar-refractivity contribution in [2.45, 2.75) is 55.0 Å². The van der Waals surface area contributed by atoms with E-state index in [1.165, 1.54) is 43.0 Å². The van der Waals surface area contributed by atoms with Gasteiger partial charge in [-0.25, -0.2) is 18.1 Å². The van der Waals surface area contributed by atoms with Crippen LogP contribution >= 0.6 is 0 Å². The fourth-order valence-electron chi connectivity index (χ4n) is 4.83. The number of sulfonamides is 1. The molecular formula is C26H23F6N5O3S. The molecule has 0 amide bonds. The molecule has 2 unspecified atom stereocenters. The maximum absolute atomic E-state index is 13.9. The van der Waals surface area contributed by atoms with Crippen LogP contribution in [0, 0.1) is 0 Å². The number of alkyl halides is 6. The van der Waals surface area contributed by atoms with Gasteiger partial charge in [-0.1, -0.05) is 12.1 Å². The Morgan fingerprint density at radius 1 is 0.927 bits per heavy atom. The lowest BCUT2D eigenvalue weighted by atomic mass is 9.91. The van der Waals surface area contributed by atoms with Gasteiger partial charge in [0.1, 0.15) is 12.7 Å². The molecule has 1 saturated carbocycles. The zero-order valence-corrected chi connectivity index (χ0v) is 22.0. The number of pyridine rings is 1. The van der Waals surface area contributed by atoms with Crippen molar-refractivity contribution >= 4 is 20.9 Å². The summed E-state index contributed by atoms with van der Waals surface area (Å²) in [7, 11) is -4.37. The lowest BCUT2D eigenvalue weighted by Crippen LogP contribution is -2.38. The Kier molecular flexibility index (Phi) is 7.68. The molecule has 15 heteroatoms. The van der Waals surface area contributed by atoms with Crippen molar-refractivity contribution in [2.24, 2.45) is 0 Å². The topological polar surface area (TPSA) is 99.0 Å². The molecule has 1 N–H and O–H groups in total. The van der Waals surface area contributed by atoms with Gasteiger partial charge >= 0.3 is 12.4 Å². The van der Waals surface area contributed by atoms with Gasteiger partial charge in [0.15, 0.2) is 6.61 Å². The van der Waals surface area contributed by atoms with Gasteiger partial charge < -0.3 is 9.30 Å². The minimum Gasteiger partial charge on any atom is -0.468 e. The minimum atomic E-state index is -4.85. The molecule has 0 saturated heterocycles. The van der Waals surface area contributed by atoms with Crippen molar-refractivity contribution in [1.29, 1.82) is 0 Å². The first kappa shape index (κ1) is 28.8. The Labute approximate surface area is 230 Å². The number of fused-ring (bicyclic) bond motifs is 1. The number of hydrogen-bond donors (Lipinski definition) is 1. The first-order chi connectivity index (χ1) is 19.3.